The molecule has 0 bridgehead atoms. The molecule has 1 amide bonds. The Labute approximate surface area is 112 Å². The monoisotopic (exact) mass is 259 g/mol. The number of carboxylic acids is 1. The van der Waals surface area contributed by atoms with Gasteiger partial charge in [0.25, 0.3) is 0 Å². The zero-order valence-electron chi connectivity index (χ0n) is 11.0. The lowest BCUT2D eigenvalue weighted by Gasteiger charge is -2.15. The first kappa shape index (κ1) is 14.7. The van der Waals surface area contributed by atoms with Crippen LogP contribution in [-0.4, -0.2) is 28.9 Å². The molecule has 0 radical (unpaired) electrons. The van der Waals surface area contributed by atoms with Crippen LogP contribution in [0.3, 0.4) is 0 Å². The van der Waals surface area contributed by atoms with Gasteiger partial charge in [-0.25, -0.2) is 4.79 Å². The molecule has 0 atom stereocenters. The smallest absolute Gasteiger partial charge is 0.335 e. The van der Waals surface area contributed by atoms with Crippen LogP contribution < -0.4 is 0 Å². The summed E-state index contributed by atoms with van der Waals surface area (Å²) in [4.78, 5) is 24.0. The maximum Gasteiger partial charge on any atom is 0.335 e. The number of amides is 1. The number of aromatic carboxylic acids is 1. The number of carbonyl (C=O) groups is 2. The topological polar surface area (TPSA) is 57.6 Å². The van der Waals surface area contributed by atoms with Crippen molar-refractivity contribution < 1.29 is 14.7 Å². The van der Waals surface area contributed by atoms with Crippen molar-refractivity contribution in [1.29, 1.82) is 0 Å². The first-order valence-corrected chi connectivity index (χ1v) is 5.91. The molecule has 0 aliphatic heterocycles. The lowest BCUT2D eigenvalue weighted by Crippen LogP contribution is -2.24. The van der Waals surface area contributed by atoms with E-state index in [-0.39, 0.29) is 11.5 Å². The minimum atomic E-state index is -0.953. The van der Waals surface area contributed by atoms with E-state index < -0.39 is 5.97 Å². The SMILES string of the molecule is C/C=C/C=C/C(=O)N(C)Cc1ccc(C(=O)O)cc1. The second-order valence-electron chi connectivity index (χ2n) is 4.08. The highest BCUT2D eigenvalue weighted by Gasteiger charge is 2.06. The third-order valence-electron chi connectivity index (χ3n) is 2.54. The molecule has 1 aromatic rings. The lowest BCUT2D eigenvalue weighted by molar-refractivity contribution is -0.125. The fraction of sp³-hybridized carbons (Fsp3) is 0.200. The molecule has 0 saturated heterocycles. The van der Waals surface area contributed by atoms with E-state index >= 15 is 0 Å². The highest BCUT2D eigenvalue weighted by atomic mass is 16.4. The molecule has 1 rings (SSSR count). The number of likely N-dealkylation sites (N-methyl/N-ethyl adjacent to an activating group) is 1. The van der Waals surface area contributed by atoms with Crippen LogP contribution in [0.2, 0.25) is 0 Å². The quantitative estimate of drug-likeness (QED) is 0.653. The molecule has 1 aromatic carbocycles. The third-order valence-corrected chi connectivity index (χ3v) is 2.54. The molecule has 0 saturated carbocycles. The summed E-state index contributed by atoms with van der Waals surface area (Å²) in [6.07, 6.45) is 6.81. The largest absolute Gasteiger partial charge is 0.478 e. The molecule has 0 aliphatic rings. The van der Waals surface area contributed by atoms with Crippen molar-refractivity contribution in [2.24, 2.45) is 0 Å². The summed E-state index contributed by atoms with van der Waals surface area (Å²) in [5.74, 6) is -1.05. The maximum absolute atomic E-state index is 11.7. The first-order valence-electron chi connectivity index (χ1n) is 5.91. The molecule has 100 valence electrons. The first-order chi connectivity index (χ1) is 9.04. The van der Waals surface area contributed by atoms with E-state index in [0.29, 0.717) is 6.54 Å². The van der Waals surface area contributed by atoms with E-state index in [1.807, 2.05) is 13.0 Å². The van der Waals surface area contributed by atoms with Crippen LogP contribution in [0.15, 0.2) is 48.6 Å². The van der Waals surface area contributed by atoms with Crippen molar-refractivity contribution in [3.63, 3.8) is 0 Å². The molecule has 0 heterocycles. The van der Waals surface area contributed by atoms with Gasteiger partial charge in [0, 0.05) is 19.7 Å². The summed E-state index contributed by atoms with van der Waals surface area (Å²) in [5, 5.41) is 8.79. The van der Waals surface area contributed by atoms with Crippen LogP contribution in [0.5, 0.6) is 0 Å². The average molecular weight is 259 g/mol. The summed E-state index contributed by atoms with van der Waals surface area (Å²) >= 11 is 0. The Morgan fingerprint density at radius 2 is 1.84 bits per heavy atom. The second-order valence-corrected chi connectivity index (χ2v) is 4.08. The second kappa shape index (κ2) is 7.16. The number of benzene rings is 1. The van der Waals surface area contributed by atoms with Crippen molar-refractivity contribution in [1.82, 2.24) is 4.90 Å². The van der Waals surface area contributed by atoms with Crippen LogP contribution in [-0.2, 0) is 11.3 Å². The van der Waals surface area contributed by atoms with Gasteiger partial charge in [-0.3, -0.25) is 4.79 Å². The van der Waals surface area contributed by atoms with Gasteiger partial charge in [0.15, 0.2) is 0 Å². The Morgan fingerprint density at radius 3 is 2.37 bits per heavy atom. The van der Waals surface area contributed by atoms with Gasteiger partial charge in [-0.15, -0.1) is 0 Å². The number of hydrogen-bond acceptors (Lipinski definition) is 2. The molecule has 4 heteroatoms. The normalized spacial score (nSPS) is 11.1. The molecule has 0 unspecified atom stereocenters. The number of nitrogens with zero attached hydrogens (tertiary/aromatic N) is 1. The zero-order valence-corrected chi connectivity index (χ0v) is 11.0. The Morgan fingerprint density at radius 1 is 1.21 bits per heavy atom. The van der Waals surface area contributed by atoms with E-state index in [9.17, 15) is 9.59 Å². The lowest BCUT2D eigenvalue weighted by atomic mass is 10.1. The Bertz CT molecular complexity index is 501. The van der Waals surface area contributed by atoms with E-state index in [2.05, 4.69) is 0 Å². The zero-order chi connectivity index (χ0) is 14.3. The highest BCUT2D eigenvalue weighted by molar-refractivity contribution is 5.88. The van der Waals surface area contributed by atoms with Gasteiger partial charge in [-0.2, -0.15) is 0 Å². The Hall–Kier alpha value is -2.36. The van der Waals surface area contributed by atoms with Crippen LogP contribution in [0.25, 0.3) is 0 Å². The fourth-order valence-electron chi connectivity index (χ4n) is 1.48. The van der Waals surface area contributed by atoms with E-state index in [0.717, 1.165) is 5.56 Å². The van der Waals surface area contributed by atoms with Crippen molar-refractivity contribution >= 4 is 11.9 Å². The van der Waals surface area contributed by atoms with Gasteiger partial charge in [-0.1, -0.05) is 30.4 Å². The van der Waals surface area contributed by atoms with Crippen molar-refractivity contribution in [3.8, 4) is 0 Å². The van der Waals surface area contributed by atoms with Gasteiger partial charge in [0.1, 0.15) is 0 Å². The standard InChI is InChI=1S/C15H17NO3/c1-3-4-5-6-14(17)16(2)11-12-7-9-13(10-8-12)15(18)19/h3-10H,11H2,1-2H3,(H,18,19)/b4-3+,6-5+. The fourth-order valence-corrected chi connectivity index (χ4v) is 1.48. The Kier molecular flexibility index (Phi) is 5.54. The number of carboxylic acid groups (broad SMARTS) is 1. The molecule has 4 nitrogen and oxygen atoms in total. The van der Waals surface area contributed by atoms with E-state index in [1.165, 1.54) is 18.2 Å². The molecule has 0 aromatic heterocycles. The summed E-state index contributed by atoms with van der Waals surface area (Å²) in [6.45, 7) is 2.32. The minimum Gasteiger partial charge on any atom is -0.478 e. The Balaban J connectivity index is 2.63. The van der Waals surface area contributed by atoms with Gasteiger partial charge in [0.2, 0.25) is 5.91 Å². The molecule has 0 aliphatic carbocycles. The van der Waals surface area contributed by atoms with Gasteiger partial charge >= 0.3 is 5.97 Å². The summed E-state index contributed by atoms with van der Waals surface area (Å²) < 4.78 is 0. The number of carbonyl (C=O) groups excluding carboxylic acids is 1. The maximum atomic E-state index is 11.7. The van der Waals surface area contributed by atoms with Gasteiger partial charge in [-0.05, 0) is 24.6 Å². The predicted octanol–water partition coefficient (Wildman–Crippen LogP) is 2.48. The predicted molar refractivity (Wildman–Crippen MR) is 73.8 cm³/mol. The van der Waals surface area contributed by atoms with Gasteiger partial charge < -0.3 is 10.0 Å². The summed E-state index contributed by atoms with van der Waals surface area (Å²) in [7, 11) is 1.70. The van der Waals surface area contributed by atoms with Crippen LogP contribution in [0.4, 0.5) is 0 Å². The van der Waals surface area contributed by atoms with Crippen molar-refractivity contribution in [3.05, 3.63) is 59.7 Å². The average Bonchev–Trinajstić information content (AvgIpc) is 2.39. The highest BCUT2D eigenvalue weighted by Crippen LogP contribution is 2.07. The minimum absolute atomic E-state index is 0.0968. The molecular formula is C15H17NO3. The summed E-state index contributed by atoms with van der Waals surface area (Å²) in [5.41, 5.74) is 1.13. The van der Waals surface area contributed by atoms with Crippen molar-refractivity contribution in [2.75, 3.05) is 7.05 Å². The van der Waals surface area contributed by atoms with Crippen LogP contribution >= 0.6 is 0 Å². The molecular weight excluding hydrogens is 242 g/mol. The van der Waals surface area contributed by atoms with Crippen LogP contribution in [0, 0.1) is 0 Å². The molecule has 0 spiro atoms. The third kappa shape index (κ3) is 4.79. The van der Waals surface area contributed by atoms with Crippen molar-refractivity contribution in [2.45, 2.75) is 13.5 Å². The van der Waals surface area contributed by atoms with Gasteiger partial charge in [0.05, 0.1) is 5.56 Å². The molecule has 0 fully saturated rings. The number of rotatable bonds is 5. The summed E-state index contributed by atoms with van der Waals surface area (Å²) in [6, 6.07) is 6.49. The number of hydrogen-bond donors (Lipinski definition) is 1. The van der Waals surface area contributed by atoms with E-state index in [4.69, 9.17) is 5.11 Å². The molecule has 19 heavy (non-hydrogen) atoms. The molecule has 1 N–H and O–H groups in total. The van der Waals surface area contributed by atoms with E-state index in [1.54, 1.807) is 36.2 Å². The van der Waals surface area contributed by atoms with Crippen LogP contribution in [0.1, 0.15) is 22.8 Å². The number of allylic oxidation sites excluding steroid dienone is 3.